The average Bonchev–Trinajstić information content (AvgIpc) is 3.00. The number of nitrogens with one attached hydrogen (secondary N) is 1. The molecule has 0 unspecified atom stereocenters. The lowest BCUT2D eigenvalue weighted by atomic mass is 10.1. The molecule has 86 valence electrons. The van der Waals surface area contributed by atoms with E-state index in [1.165, 1.54) is 12.3 Å². The van der Waals surface area contributed by atoms with E-state index in [0.717, 1.165) is 18.5 Å². The Morgan fingerprint density at radius 3 is 2.81 bits per heavy atom. The molecule has 1 heterocycles. The van der Waals surface area contributed by atoms with E-state index in [1.54, 1.807) is 6.07 Å². The van der Waals surface area contributed by atoms with Gasteiger partial charge >= 0.3 is 0 Å². The molecule has 1 fully saturated rings. The zero-order valence-corrected chi connectivity index (χ0v) is 9.64. The molecule has 0 saturated heterocycles. The van der Waals surface area contributed by atoms with Crippen LogP contribution in [0.1, 0.15) is 25.0 Å². The summed E-state index contributed by atoms with van der Waals surface area (Å²) in [7, 11) is 0. The number of halogens is 1. The summed E-state index contributed by atoms with van der Waals surface area (Å²) < 4.78 is 12.7. The number of hydrogen-bond acceptors (Lipinski definition) is 3. The van der Waals surface area contributed by atoms with Gasteiger partial charge in [-0.2, -0.15) is 12.6 Å². The Labute approximate surface area is 98.9 Å². The third-order valence-corrected chi connectivity index (χ3v) is 2.91. The number of pyridine rings is 1. The van der Waals surface area contributed by atoms with Crippen LogP contribution in [0.2, 0.25) is 0 Å². The van der Waals surface area contributed by atoms with Crippen LogP contribution in [0.15, 0.2) is 18.3 Å². The molecule has 0 aromatic carbocycles. The molecule has 1 aliphatic rings. The van der Waals surface area contributed by atoms with E-state index < -0.39 is 0 Å². The first-order chi connectivity index (χ1) is 7.66. The van der Waals surface area contributed by atoms with Crippen molar-refractivity contribution in [3.05, 3.63) is 29.8 Å². The Kier molecular flexibility index (Phi) is 3.14. The van der Waals surface area contributed by atoms with Crippen molar-refractivity contribution in [2.45, 2.75) is 24.8 Å². The SMILES string of the molecule is O=C(CCS)NC1(c2ccc(F)cn2)CC1. The van der Waals surface area contributed by atoms with E-state index in [-0.39, 0.29) is 17.3 Å². The van der Waals surface area contributed by atoms with E-state index >= 15 is 0 Å². The Balaban J connectivity index is 2.08. The van der Waals surface area contributed by atoms with Gasteiger partial charge in [-0.25, -0.2) is 4.39 Å². The molecule has 2 rings (SSSR count). The van der Waals surface area contributed by atoms with Crippen LogP contribution in [0.25, 0.3) is 0 Å². The molecule has 1 aliphatic carbocycles. The van der Waals surface area contributed by atoms with Crippen LogP contribution in [-0.2, 0) is 10.3 Å². The van der Waals surface area contributed by atoms with Crippen molar-refractivity contribution in [3.8, 4) is 0 Å². The quantitative estimate of drug-likeness (QED) is 0.786. The van der Waals surface area contributed by atoms with E-state index in [2.05, 4.69) is 22.9 Å². The van der Waals surface area contributed by atoms with E-state index in [4.69, 9.17) is 0 Å². The van der Waals surface area contributed by atoms with Gasteiger partial charge in [0.05, 0.1) is 17.4 Å². The van der Waals surface area contributed by atoms with Crippen molar-refractivity contribution >= 4 is 18.5 Å². The molecular formula is C11H13FN2OS. The molecular weight excluding hydrogens is 227 g/mol. The maximum absolute atomic E-state index is 12.7. The van der Waals surface area contributed by atoms with Gasteiger partial charge < -0.3 is 5.32 Å². The fraction of sp³-hybridized carbons (Fsp3) is 0.455. The second-order valence-corrected chi connectivity index (χ2v) is 4.41. The molecule has 1 aromatic rings. The van der Waals surface area contributed by atoms with Crippen molar-refractivity contribution in [2.24, 2.45) is 0 Å². The normalized spacial score (nSPS) is 16.9. The highest BCUT2D eigenvalue weighted by Gasteiger charge is 2.46. The number of thiol groups is 1. The predicted octanol–water partition coefficient (Wildman–Crippen LogP) is 1.65. The first-order valence-corrected chi connectivity index (χ1v) is 5.83. The van der Waals surface area contributed by atoms with Gasteiger partial charge in [0.2, 0.25) is 5.91 Å². The molecule has 0 atom stereocenters. The largest absolute Gasteiger partial charge is 0.345 e. The van der Waals surface area contributed by atoms with Crippen LogP contribution in [0.3, 0.4) is 0 Å². The number of carbonyl (C=O) groups excluding carboxylic acids is 1. The van der Waals surface area contributed by atoms with Crippen LogP contribution >= 0.6 is 12.6 Å². The number of hydrogen-bond donors (Lipinski definition) is 2. The summed E-state index contributed by atoms with van der Waals surface area (Å²) in [5, 5.41) is 2.93. The Hall–Kier alpha value is -1.10. The summed E-state index contributed by atoms with van der Waals surface area (Å²) in [6, 6.07) is 3.00. The van der Waals surface area contributed by atoms with Crippen molar-refractivity contribution in [3.63, 3.8) is 0 Å². The highest BCUT2D eigenvalue weighted by Crippen LogP contribution is 2.44. The van der Waals surface area contributed by atoms with Gasteiger partial charge in [0.1, 0.15) is 5.82 Å². The Morgan fingerprint density at radius 1 is 1.56 bits per heavy atom. The zero-order chi connectivity index (χ0) is 11.6. The third-order valence-electron chi connectivity index (χ3n) is 2.69. The molecule has 0 aliphatic heterocycles. The lowest BCUT2D eigenvalue weighted by Gasteiger charge is -2.16. The molecule has 1 N–H and O–H groups in total. The third kappa shape index (κ3) is 2.35. The lowest BCUT2D eigenvalue weighted by molar-refractivity contribution is -0.121. The van der Waals surface area contributed by atoms with Gasteiger partial charge in [-0.05, 0) is 30.7 Å². The molecule has 16 heavy (non-hydrogen) atoms. The Bertz CT molecular complexity index is 389. The summed E-state index contributed by atoms with van der Waals surface area (Å²) in [4.78, 5) is 15.5. The van der Waals surface area contributed by atoms with Crippen LogP contribution in [-0.4, -0.2) is 16.6 Å². The second-order valence-electron chi connectivity index (χ2n) is 3.97. The molecule has 0 radical (unpaired) electrons. The summed E-state index contributed by atoms with van der Waals surface area (Å²) in [5.74, 6) is 0.138. The second kappa shape index (κ2) is 4.41. The maximum Gasteiger partial charge on any atom is 0.221 e. The average molecular weight is 240 g/mol. The first-order valence-electron chi connectivity index (χ1n) is 5.20. The summed E-state index contributed by atoms with van der Waals surface area (Å²) in [6.45, 7) is 0. The summed E-state index contributed by atoms with van der Waals surface area (Å²) in [6.07, 6.45) is 3.31. The smallest absolute Gasteiger partial charge is 0.221 e. The van der Waals surface area contributed by atoms with E-state index in [0.29, 0.717) is 12.2 Å². The predicted molar refractivity (Wildman–Crippen MR) is 61.7 cm³/mol. The van der Waals surface area contributed by atoms with Crippen molar-refractivity contribution < 1.29 is 9.18 Å². The number of rotatable bonds is 4. The number of amides is 1. The van der Waals surface area contributed by atoms with Gasteiger partial charge in [0.25, 0.3) is 0 Å². The summed E-state index contributed by atoms with van der Waals surface area (Å²) >= 11 is 4.00. The molecule has 1 aromatic heterocycles. The monoisotopic (exact) mass is 240 g/mol. The van der Waals surface area contributed by atoms with Crippen LogP contribution < -0.4 is 5.32 Å². The van der Waals surface area contributed by atoms with Gasteiger partial charge in [0.15, 0.2) is 0 Å². The van der Waals surface area contributed by atoms with E-state index in [1.807, 2.05) is 0 Å². The van der Waals surface area contributed by atoms with Gasteiger partial charge in [-0.15, -0.1) is 0 Å². The maximum atomic E-state index is 12.7. The van der Waals surface area contributed by atoms with Gasteiger partial charge in [-0.1, -0.05) is 0 Å². The van der Waals surface area contributed by atoms with Crippen LogP contribution in [0, 0.1) is 5.82 Å². The topological polar surface area (TPSA) is 42.0 Å². The number of carbonyl (C=O) groups is 1. The van der Waals surface area contributed by atoms with Crippen molar-refractivity contribution in [1.29, 1.82) is 0 Å². The van der Waals surface area contributed by atoms with Gasteiger partial charge in [-0.3, -0.25) is 9.78 Å². The highest BCUT2D eigenvalue weighted by molar-refractivity contribution is 7.80. The molecule has 1 amide bonds. The molecule has 3 nitrogen and oxygen atoms in total. The lowest BCUT2D eigenvalue weighted by Crippen LogP contribution is -2.35. The van der Waals surface area contributed by atoms with Gasteiger partial charge in [0, 0.05) is 6.42 Å². The van der Waals surface area contributed by atoms with Crippen molar-refractivity contribution in [2.75, 3.05) is 5.75 Å². The minimum absolute atomic E-state index is 0.0291. The molecule has 1 saturated carbocycles. The number of aromatic nitrogens is 1. The zero-order valence-electron chi connectivity index (χ0n) is 8.74. The fourth-order valence-corrected chi connectivity index (χ4v) is 1.86. The highest BCUT2D eigenvalue weighted by atomic mass is 32.1. The number of nitrogens with zero attached hydrogens (tertiary/aromatic N) is 1. The molecule has 0 spiro atoms. The van der Waals surface area contributed by atoms with Crippen LogP contribution in [0.4, 0.5) is 4.39 Å². The minimum Gasteiger partial charge on any atom is -0.345 e. The standard InChI is InChI=1S/C11H13FN2OS/c12-8-1-2-9(13-7-8)11(4-5-11)14-10(15)3-6-16/h1-2,7,16H,3-6H2,(H,14,15). The van der Waals surface area contributed by atoms with Crippen LogP contribution in [0.5, 0.6) is 0 Å². The fourth-order valence-electron chi connectivity index (χ4n) is 1.66. The van der Waals surface area contributed by atoms with Crippen molar-refractivity contribution in [1.82, 2.24) is 10.3 Å². The summed E-state index contributed by atoms with van der Waals surface area (Å²) in [5.41, 5.74) is 0.384. The molecule has 5 heteroatoms. The molecule has 0 bridgehead atoms. The minimum atomic E-state index is -0.360. The Morgan fingerprint density at radius 2 is 2.31 bits per heavy atom. The van der Waals surface area contributed by atoms with E-state index in [9.17, 15) is 9.18 Å². The first kappa shape index (κ1) is 11.4.